The molecule has 2 aliphatic heterocycles. The van der Waals surface area contributed by atoms with E-state index in [1.54, 1.807) is 6.92 Å². The maximum absolute atomic E-state index is 16.8. The van der Waals surface area contributed by atoms with Crippen LogP contribution >= 0.6 is 11.3 Å². The van der Waals surface area contributed by atoms with Crippen LogP contribution in [-0.4, -0.2) is 54.2 Å². The molecule has 2 aliphatic rings. The zero-order chi connectivity index (χ0) is 31.7. The smallest absolute Gasteiger partial charge is 0.270 e. The number of amides is 1. The number of nitrogens with one attached hydrogen (secondary N) is 2. The van der Waals surface area contributed by atoms with Gasteiger partial charge in [0.1, 0.15) is 40.2 Å². The molecular formula is C31H37F2N7O2S. The van der Waals surface area contributed by atoms with Crippen LogP contribution in [0.1, 0.15) is 63.2 Å². The van der Waals surface area contributed by atoms with Crippen molar-refractivity contribution in [2.45, 2.75) is 66.7 Å². The predicted octanol–water partition coefficient (Wildman–Crippen LogP) is 5.91. The number of ether oxygens (including phenoxy) is 1. The van der Waals surface area contributed by atoms with Crippen LogP contribution in [-0.2, 0) is 0 Å². The molecule has 9 nitrogen and oxygen atoms in total. The Labute approximate surface area is 254 Å². The molecule has 3 atom stereocenters. The third kappa shape index (κ3) is 5.10. The first-order valence-corrected chi connectivity index (χ1v) is 15.3. The molecule has 0 aliphatic carbocycles. The molecule has 4 N–H and O–H groups in total. The van der Waals surface area contributed by atoms with Crippen LogP contribution < -0.4 is 26.0 Å². The van der Waals surface area contributed by atoms with Crippen LogP contribution in [0.2, 0.25) is 0 Å². The van der Waals surface area contributed by atoms with Crippen molar-refractivity contribution in [1.29, 1.82) is 5.26 Å². The van der Waals surface area contributed by atoms with Gasteiger partial charge in [-0.1, -0.05) is 27.7 Å². The molecule has 228 valence electrons. The predicted molar refractivity (Wildman–Crippen MR) is 169 cm³/mol. The second kappa shape index (κ2) is 12.7. The molecule has 0 spiro atoms. The van der Waals surface area contributed by atoms with Crippen molar-refractivity contribution in [2.75, 3.05) is 30.8 Å². The number of hydrogen-bond donors (Lipinski definition) is 3. The third-order valence-electron chi connectivity index (χ3n) is 7.56. The van der Waals surface area contributed by atoms with Gasteiger partial charge in [0.05, 0.1) is 21.7 Å². The van der Waals surface area contributed by atoms with E-state index >= 15 is 4.39 Å². The molecule has 1 amide bonds. The molecule has 1 aromatic carbocycles. The number of nitrogens with zero attached hydrogens (tertiary/aromatic N) is 4. The van der Waals surface area contributed by atoms with Crippen LogP contribution in [0.25, 0.3) is 32.1 Å². The van der Waals surface area contributed by atoms with E-state index in [1.165, 1.54) is 19.2 Å². The lowest BCUT2D eigenvalue weighted by Crippen LogP contribution is -2.60. The highest BCUT2D eigenvalue weighted by Crippen LogP contribution is 2.46. The summed E-state index contributed by atoms with van der Waals surface area (Å²) in [5, 5.41) is 16.7. The number of rotatable bonds is 2. The lowest BCUT2D eigenvalue weighted by molar-refractivity contribution is 0.0957. The summed E-state index contributed by atoms with van der Waals surface area (Å²) in [4.78, 5) is 24.4. The number of aromatic nitrogens is 2. The summed E-state index contributed by atoms with van der Waals surface area (Å²) in [6, 6.07) is 4.58. The summed E-state index contributed by atoms with van der Waals surface area (Å²) in [6.45, 7) is 14.7. The number of anilines is 2. The van der Waals surface area contributed by atoms with Crippen LogP contribution in [0, 0.1) is 29.9 Å². The standard InChI is InChI=1S/C27H25F2N7O2S.2C2H6/c1-10-9-36-16(8-33-10)12(3)38-27-19-17(11(2)21(26(37)32-4)34-25(19)36)20(29)22(35-27)13-5-6-15(28)23-18(13)14(7-30)24(31)39-23;2*1-2/h5-6,10,12,16,33H,8-9,31H2,1-4H3,(H,32,37);2*1-2H3. The Bertz CT molecular complexity index is 1750. The summed E-state index contributed by atoms with van der Waals surface area (Å²) >= 11 is 0.924. The number of pyridine rings is 2. The summed E-state index contributed by atoms with van der Waals surface area (Å²) in [6.07, 6.45) is -0.364. The number of nitrogens with two attached hydrogens (primary N) is 1. The number of nitriles is 1. The van der Waals surface area contributed by atoms with Gasteiger partial charge in [0.25, 0.3) is 5.91 Å². The largest absolute Gasteiger partial charge is 0.472 e. The molecule has 3 unspecified atom stereocenters. The number of halogens is 2. The van der Waals surface area contributed by atoms with Gasteiger partial charge in [-0.2, -0.15) is 5.26 Å². The van der Waals surface area contributed by atoms with Gasteiger partial charge in [0, 0.05) is 42.5 Å². The van der Waals surface area contributed by atoms with E-state index < -0.39 is 17.5 Å². The monoisotopic (exact) mass is 609 g/mol. The topological polar surface area (TPSA) is 129 Å². The average molecular weight is 610 g/mol. The molecule has 6 rings (SSSR count). The van der Waals surface area contributed by atoms with Crippen LogP contribution in [0.5, 0.6) is 5.88 Å². The van der Waals surface area contributed by atoms with Crippen molar-refractivity contribution >= 4 is 48.9 Å². The molecule has 0 bridgehead atoms. The highest BCUT2D eigenvalue weighted by Gasteiger charge is 2.39. The van der Waals surface area contributed by atoms with Gasteiger partial charge in [0.2, 0.25) is 5.88 Å². The first-order chi connectivity index (χ1) is 20.7. The van der Waals surface area contributed by atoms with E-state index in [2.05, 4.69) is 20.5 Å². The van der Waals surface area contributed by atoms with Gasteiger partial charge >= 0.3 is 0 Å². The highest BCUT2D eigenvalue weighted by molar-refractivity contribution is 7.23. The number of piperazine rings is 1. The van der Waals surface area contributed by atoms with E-state index in [9.17, 15) is 14.4 Å². The summed E-state index contributed by atoms with van der Waals surface area (Å²) in [5.74, 6) is -1.17. The van der Waals surface area contributed by atoms with Gasteiger partial charge < -0.3 is 26.0 Å². The molecule has 0 radical (unpaired) electrons. The number of carbonyl (C=O) groups excluding carboxylic acids is 1. The summed E-state index contributed by atoms with van der Waals surface area (Å²) in [5.41, 5.74) is 6.57. The quantitative estimate of drug-likeness (QED) is 0.256. The zero-order valence-corrected chi connectivity index (χ0v) is 26.5. The van der Waals surface area contributed by atoms with E-state index in [0.29, 0.717) is 29.9 Å². The molecule has 4 aromatic rings. The normalized spacial score (nSPS) is 18.7. The fourth-order valence-electron chi connectivity index (χ4n) is 5.62. The van der Waals surface area contributed by atoms with E-state index in [0.717, 1.165) is 11.3 Å². The minimum absolute atomic E-state index is 0.0568. The number of aryl methyl sites for hydroxylation is 1. The van der Waals surface area contributed by atoms with Crippen molar-refractivity contribution in [3.8, 4) is 23.2 Å². The number of carbonyl (C=O) groups is 1. The Morgan fingerprint density at radius 1 is 1.19 bits per heavy atom. The van der Waals surface area contributed by atoms with Gasteiger partial charge in [0.15, 0.2) is 5.82 Å². The Kier molecular flexibility index (Phi) is 9.37. The van der Waals surface area contributed by atoms with Crippen molar-refractivity contribution in [2.24, 2.45) is 0 Å². The Hall–Kier alpha value is -4.08. The van der Waals surface area contributed by atoms with Crippen molar-refractivity contribution in [3.63, 3.8) is 0 Å². The second-order valence-corrected chi connectivity index (χ2v) is 11.0. The zero-order valence-electron chi connectivity index (χ0n) is 25.6. The maximum Gasteiger partial charge on any atom is 0.270 e. The first-order valence-electron chi connectivity index (χ1n) is 14.5. The van der Waals surface area contributed by atoms with E-state index in [4.69, 9.17) is 15.5 Å². The SMILES string of the molecule is CC.CC.CNC(=O)c1nc2c3c(nc(-c4ccc(F)c5sc(N)c(C#N)c45)c(F)c3c1C)OC(C)C1CNC(C)CN21. The van der Waals surface area contributed by atoms with Crippen LogP contribution in [0.4, 0.5) is 19.6 Å². The number of benzene rings is 1. The maximum atomic E-state index is 16.8. The van der Waals surface area contributed by atoms with Crippen molar-refractivity contribution in [3.05, 3.63) is 40.6 Å². The van der Waals surface area contributed by atoms with Crippen LogP contribution in [0.3, 0.4) is 0 Å². The molecule has 5 heterocycles. The van der Waals surface area contributed by atoms with Crippen LogP contribution in [0.15, 0.2) is 12.1 Å². The Balaban J connectivity index is 0.00000102. The van der Waals surface area contributed by atoms with E-state index in [1.807, 2.05) is 47.6 Å². The number of hydrogen-bond acceptors (Lipinski definition) is 9. The molecule has 1 fully saturated rings. The molecular weight excluding hydrogens is 572 g/mol. The Morgan fingerprint density at radius 3 is 2.53 bits per heavy atom. The first kappa shape index (κ1) is 31.8. The average Bonchev–Trinajstić information content (AvgIpc) is 3.31. The third-order valence-corrected chi connectivity index (χ3v) is 8.59. The summed E-state index contributed by atoms with van der Waals surface area (Å²) < 4.78 is 38.0. The lowest BCUT2D eigenvalue weighted by atomic mass is 9.97. The fraction of sp³-hybridized carbons (Fsp3) is 0.419. The van der Waals surface area contributed by atoms with Crippen molar-refractivity contribution in [1.82, 2.24) is 20.6 Å². The Morgan fingerprint density at radius 2 is 1.88 bits per heavy atom. The molecule has 12 heteroatoms. The molecule has 0 saturated carbocycles. The van der Waals surface area contributed by atoms with Gasteiger partial charge in [-0.25, -0.2) is 18.7 Å². The number of thiophene rings is 1. The second-order valence-electron chi connectivity index (χ2n) is 9.92. The number of fused-ring (bicyclic) bond motifs is 3. The minimum Gasteiger partial charge on any atom is -0.472 e. The highest BCUT2D eigenvalue weighted by atomic mass is 32.1. The molecule has 3 aromatic heterocycles. The minimum atomic E-state index is -0.723. The van der Waals surface area contributed by atoms with Crippen molar-refractivity contribution < 1.29 is 18.3 Å². The fourth-order valence-corrected chi connectivity index (χ4v) is 6.57. The van der Waals surface area contributed by atoms with Gasteiger partial charge in [-0.05, 0) is 38.5 Å². The summed E-state index contributed by atoms with van der Waals surface area (Å²) in [7, 11) is 1.49. The molecule has 1 saturated heterocycles. The number of nitrogen functional groups attached to an aromatic ring is 1. The van der Waals surface area contributed by atoms with Gasteiger partial charge in [-0.15, -0.1) is 11.3 Å². The van der Waals surface area contributed by atoms with Gasteiger partial charge in [-0.3, -0.25) is 4.79 Å². The molecule has 43 heavy (non-hydrogen) atoms. The lowest BCUT2D eigenvalue weighted by Gasteiger charge is -2.41. The van der Waals surface area contributed by atoms with E-state index in [-0.39, 0.29) is 67.1 Å².